The smallest absolute Gasteiger partial charge is 0.261 e. The molecule has 6 nitrogen and oxygen atoms in total. The van der Waals surface area contributed by atoms with Gasteiger partial charge in [-0.1, -0.05) is 24.3 Å². The van der Waals surface area contributed by atoms with Gasteiger partial charge in [0.05, 0.1) is 15.5 Å². The number of hydrogen-bond acceptors (Lipinski definition) is 4. The highest BCUT2D eigenvalue weighted by Gasteiger charge is 2.19. The van der Waals surface area contributed by atoms with Crippen LogP contribution in [0.2, 0.25) is 0 Å². The van der Waals surface area contributed by atoms with Crippen LogP contribution in [0.4, 0.5) is 5.69 Å². The van der Waals surface area contributed by atoms with Crippen LogP contribution in [-0.4, -0.2) is 35.2 Å². The Labute approximate surface area is 130 Å². The van der Waals surface area contributed by atoms with E-state index in [1.54, 1.807) is 18.2 Å². The second-order valence-electron chi connectivity index (χ2n) is 4.73. The predicted molar refractivity (Wildman–Crippen MR) is 84.6 cm³/mol. The standard InChI is InChI=1S/C14H16N2O4S2/c1-16(2)22(19,20)14-10-6-7-12(11-14)15-21(17,18)13-8-4-3-5-9-13/h3-11,15H,1-2H3. The number of anilines is 1. The average Bonchev–Trinajstić information content (AvgIpc) is 2.48. The van der Waals surface area contributed by atoms with Crippen LogP contribution in [0, 0.1) is 0 Å². The van der Waals surface area contributed by atoms with Gasteiger partial charge in [-0.25, -0.2) is 21.1 Å². The van der Waals surface area contributed by atoms with Crippen LogP contribution in [0.1, 0.15) is 0 Å². The van der Waals surface area contributed by atoms with Crippen LogP contribution >= 0.6 is 0 Å². The Balaban J connectivity index is 2.36. The molecule has 0 aromatic heterocycles. The van der Waals surface area contributed by atoms with Gasteiger partial charge >= 0.3 is 0 Å². The third-order valence-electron chi connectivity index (χ3n) is 2.92. The van der Waals surface area contributed by atoms with E-state index in [1.165, 1.54) is 50.5 Å². The van der Waals surface area contributed by atoms with Crippen molar-refractivity contribution in [2.24, 2.45) is 0 Å². The van der Waals surface area contributed by atoms with Crippen LogP contribution in [-0.2, 0) is 20.0 Å². The molecule has 0 spiro atoms. The molecule has 0 aliphatic heterocycles. The minimum atomic E-state index is -3.75. The summed E-state index contributed by atoms with van der Waals surface area (Å²) in [5, 5.41) is 0. The quantitative estimate of drug-likeness (QED) is 0.898. The Morgan fingerprint density at radius 3 is 2.00 bits per heavy atom. The molecule has 2 rings (SSSR count). The number of nitrogens with one attached hydrogen (secondary N) is 1. The molecule has 0 aliphatic rings. The molecular weight excluding hydrogens is 324 g/mol. The molecule has 1 N–H and O–H groups in total. The summed E-state index contributed by atoms with van der Waals surface area (Å²) in [6, 6.07) is 13.5. The molecule has 0 fully saturated rings. The van der Waals surface area contributed by atoms with Crippen LogP contribution in [0.5, 0.6) is 0 Å². The molecule has 0 amide bonds. The van der Waals surface area contributed by atoms with Gasteiger partial charge in [-0.2, -0.15) is 0 Å². The minimum absolute atomic E-state index is 0.0192. The van der Waals surface area contributed by atoms with Crippen LogP contribution in [0.3, 0.4) is 0 Å². The summed E-state index contributed by atoms with van der Waals surface area (Å²) >= 11 is 0. The van der Waals surface area contributed by atoms with E-state index in [1.807, 2.05) is 0 Å². The van der Waals surface area contributed by atoms with Crippen LogP contribution < -0.4 is 4.72 Å². The highest BCUT2D eigenvalue weighted by molar-refractivity contribution is 7.92. The minimum Gasteiger partial charge on any atom is -0.280 e. The molecule has 0 saturated heterocycles. The van der Waals surface area contributed by atoms with Gasteiger partial charge in [-0.15, -0.1) is 0 Å². The van der Waals surface area contributed by atoms with Crippen molar-refractivity contribution in [2.45, 2.75) is 9.79 Å². The zero-order valence-electron chi connectivity index (χ0n) is 12.1. The molecule has 0 saturated carbocycles. The van der Waals surface area contributed by atoms with Gasteiger partial charge in [0.2, 0.25) is 10.0 Å². The predicted octanol–water partition coefficient (Wildman–Crippen LogP) is 1.74. The van der Waals surface area contributed by atoms with Gasteiger partial charge in [0.15, 0.2) is 0 Å². The van der Waals surface area contributed by atoms with E-state index in [0.29, 0.717) is 0 Å². The molecule has 8 heteroatoms. The van der Waals surface area contributed by atoms with E-state index >= 15 is 0 Å². The second kappa shape index (κ2) is 6.07. The maximum absolute atomic E-state index is 12.2. The molecule has 2 aromatic rings. The fourth-order valence-electron chi connectivity index (χ4n) is 1.74. The number of sulfonamides is 2. The van der Waals surface area contributed by atoms with Crippen molar-refractivity contribution in [1.29, 1.82) is 0 Å². The van der Waals surface area contributed by atoms with Gasteiger partial charge in [-0.3, -0.25) is 4.72 Å². The first-order valence-corrected chi connectivity index (χ1v) is 9.26. The van der Waals surface area contributed by atoms with Gasteiger partial charge in [0.1, 0.15) is 0 Å². The van der Waals surface area contributed by atoms with Crippen LogP contribution in [0.25, 0.3) is 0 Å². The third-order valence-corrected chi connectivity index (χ3v) is 6.13. The summed E-state index contributed by atoms with van der Waals surface area (Å²) in [6.45, 7) is 0. The van der Waals surface area contributed by atoms with E-state index in [9.17, 15) is 16.8 Å². The van der Waals surface area contributed by atoms with Crippen molar-refractivity contribution in [3.63, 3.8) is 0 Å². The molecular formula is C14H16N2O4S2. The van der Waals surface area contributed by atoms with Crippen molar-refractivity contribution in [3.8, 4) is 0 Å². The Kier molecular flexibility index (Phi) is 4.55. The molecule has 0 bridgehead atoms. The monoisotopic (exact) mass is 340 g/mol. The third kappa shape index (κ3) is 3.46. The highest BCUT2D eigenvalue weighted by atomic mass is 32.2. The summed E-state index contributed by atoms with van der Waals surface area (Å²) in [5.74, 6) is 0. The Bertz CT molecular complexity index is 861. The van der Waals surface area contributed by atoms with Crippen LogP contribution in [0.15, 0.2) is 64.4 Å². The lowest BCUT2D eigenvalue weighted by atomic mass is 10.3. The zero-order valence-corrected chi connectivity index (χ0v) is 13.7. The first-order valence-electron chi connectivity index (χ1n) is 6.34. The van der Waals surface area contributed by atoms with Crippen molar-refractivity contribution < 1.29 is 16.8 Å². The van der Waals surface area contributed by atoms with E-state index in [-0.39, 0.29) is 15.5 Å². The Morgan fingerprint density at radius 2 is 1.41 bits per heavy atom. The maximum Gasteiger partial charge on any atom is 0.261 e. The number of hydrogen-bond donors (Lipinski definition) is 1. The highest BCUT2D eigenvalue weighted by Crippen LogP contribution is 2.20. The van der Waals surface area contributed by atoms with Crippen molar-refractivity contribution in [1.82, 2.24) is 4.31 Å². The number of benzene rings is 2. The number of nitrogens with zero attached hydrogens (tertiary/aromatic N) is 1. The van der Waals surface area contributed by atoms with Gasteiger partial charge < -0.3 is 0 Å². The van der Waals surface area contributed by atoms with E-state index < -0.39 is 20.0 Å². The lowest BCUT2D eigenvalue weighted by Crippen LogP contribution is -2.22. The lowest BCUT2D eigenvalue weighted by Gasteiger charge is -2.13. The largest absolute Gasteiger partial charge is 0.280 e. The molecule has 22 heavy (non-hydrogen) atoms. The molecule has 0 heterocycles. The first-order chi connectivity index (χ1) is 10.2. The Morgan fingerprint density at radius 1 is 0.818 bits per heavy atom. The van der Waals surface area contributed by atoms with Crippen molar-refractivity contribution >= 4 is 25.7 Å². The summed E-state index contributed by atoms with van der Waals surface area (Å²) in [7, 11) is -4.55. The summed E-state index contributed by atoms with van der Waals surface area (Å²) in [4.78, 5) is 0.127. The first kappa shape index (κ1) is 16.5. The van der Waals surface area contributed by atoms with E-state index in [2.05, 4.69) is 4.72 Å². The molecule has 2 aromatic carbocycles. The molecule has 0 aliphatic carbocycles. The number of rotatable bonds is 5. The maximum atomic E-state index is 12.2. The van der Waals surface area contributed by atoms with Crippen molar-refractivity contribution in [3.05, 3.63) is 54.6 Å². The second-order valence-corrected chi connectivity index (χ2v) is 8.57. The molecule has 0 atom stereocenters. The topological polar surface area (TPSA) is 83.6 Å². The summed E-state index contributed by atoms with van der Waals surface area (Å²) in [5.41, 5.74) is 0.187. The fraction of sp³-hybridized carbons (Fsp3) is 0.143. The SMILES string of the molecule is CN(C)S(=O)(=O)c1cccc(NS(=O)(=O)c2ccccc2)c1. The van der Waals surface area contributed by atoms with Gasteiger partial charge in [0, 0.05) is 14.1 Å². The van der Waals surface area contributed by atoms with E-state index in [0.717, 1.165) is 4.31 Å². The molecule has 0 radical (unpaired) electrons. The van der Waals surface area contributed by atoms with Crippen molar-refractivity contribution in [2.75, 3.05) is 18.8 Å². The van der Waals surface area contributed by atoms with Gasteiger partial charge in [-0.05, 0) is 30.3 Å². The molecule has 0 unspecified atom stereocenters. The van der Waals surface area contributed by atoms with E-state index in [4.69, 9.17) is 0 Å². The fourth-order valence-corrected chi connectivity index (χ4v) is 3.76. The summed E-state index contributed by atoms with van der Waals surface area (Å²) in [6.07, 6.45) is 0. The normalized spacial score (nSPS) is 12.3. The Hall–Kier alpha value is -1.90. The molecule has 118 valence electrons. The lowest BCUT2D eigenvalue weighted by molar-refractivity contribution is 0.521. The average molecular weight is 340 g/mol. The summed E-state index contributed by atoms with van der Waals surface area (Å²) < 4.78 is 52.0. The zero-order chi connectivity index (χ0) is 16.4. The van der Waals surface area contributed by atoms with Gasteiger partial charge in [0.25, 0.3) is 10.0 Å².